The van der Waals surface area contributed by atoms with E-state index in [1.807, 2.05) is 11.9 Å². The number of carbonyl (C=O) groups is 1. The van der Waals surface area contributed by atoms with E-state index in [1.54, 1.807) is 26.4 Å². The first-order chi connectivity index (χ1) is 11.4. The Kier molecular flexibility index (Phi) is 6.52. The van der Waals surface area contributed by atoms with E-state index in [0.717, 1.165) is 30.4 Å². The van der Waals surface area contributed by atoms with E-state index in [4.69, 9.17) is 9.47 Å². The fraction of sp³-hybridized carbons (Fsp3) is 0.611. The molecule has 24 heavy (non-hydrogen) atoms. The highest BCUT2D eigenvalue weighted by Gasteiger charge is 2.27. The van der Waals surface area contributed by atoms with Crippen LogP contribution in [-0.2, 0) is 0 Å². The van der Waals surface area contributed by atoms with Crippen molar-refractivity contribution in [2.75, 3.05) is 34.4 Å². The zero-order valence-corrected chi connectivity index (χ0v) is 16.7. The fourth-order valence-electron chi connectivity index (χ4n) is 3.15. The molecule has 0 aliphatic carbocycles. The quantitative estimate of drug-likeness (QED) is 0.761. The molecular formula is C18H27BrN2O3. The molecule has 0 atom stereocenters. The second-order valence-electron chi connectivity index (χ2n) is 6.47. The molecule has 1 fully saturated rings. The molecule has 0 N–H and O–H groups in total. The van der Waals surface area contributed by atoms with Crippen molar-refractivity contribution >= 4 is 21.8 Å². The lowest BCUT2D eigenvalue weighted by Crippen LogP contribution is -2.47. The van der Waals surface area contributed by atoms with Crippen molar-refractivity contribution < 1.29 is 14.3 Å². The number of carbonyl (C=O) groups excluding carboxylic acids is 1. The second-order valence-corrected chi connectivity index (χ2v) is 7.26. The number of hydrogen-bond acceptors (Lipinski definition) is 4. The molecule has 0 aromatic heterocycles. The van der Waals surface area contributed by atoms with Crippen LogP contribution in [-0.4, -0.2) is 62.1 Å². The zero-order valence-electron chi connectivity index (χ0n) is 15.1. The van der Waals surface area contributed by atoms with Gasteiger partial charge in [0.25, 0.3) is 5.91 Å². The minimum atomic E-state index is 0.00194. The van der Waals surface area contributed by atoms with Crippen LogP contribution in [0, 0.1) is 0 Å². The van der Waals surface area contributed by atoms with Crippen LogP contribution in [0.1, 0.15) is 37.0 Å². The normalized spacial score (nSPS) is 16.3. The molecule has 1 aromatic rings. The smallest absolute Gasteiger partial charge is 0.254 e. The van der Waals surface area contributed by atoms with E-state index in [9.17, 15) is 4.79 Å². The van der Waals surface area contributed by atoms with Gasteiger partial charge in [0.2, 0.25) is 0 Å². The fourth-order valence-corrected chi connectivity index (χ4v) is 3.70. The number of halogens is 1. The van der Waals surface area contributed by atoms with Gasteiger partial charge >= 0.3 is 0 Å². The number of nitrogens with zero attached hydrogens (tertiary/aromatic N) is 2. The Labute approximate surface area is 153 Å². The highest BCUT2D eigenvalue weighted by atomic mass is 79.9. The summed E-state index contributed by atoms with van der Waals surface area (Å²) in [6, 6.07) is 4.35. The van der Waals surface area contributed by atoms with Gasteiger partial charge in [-0.1, -0.05) is 0 Å². The summed E-state index contributed by atoms with van der Waals surface area (Å²) in [4.78, 5) is 17.2. The highest BCUT2D eigenvalue weighted by molar-refractivity contribution is 9.10. The first-order valence-electron chi connectivity index (χ1n) is 8.31. The largest absolute Gasteiger partial charge is 0.495 e. The molecule has 1 heterocycles. The van der Waals surface area contributed by atoms with Gasteiger partial charge in [-0.3, -0.25) is 4.79 Å². The van der Waals surface area contributed by atoms with E-state index >= 15 is 0 Å². The minimum Gasteiger partial charge on any atom is -0.495 e. The average Bonchev–Trinajstić information content (AvgIpc) is 2.60. The summed E-state index contributed by atoms with van der Waals surface area (Å²) >= 11 is 3.44. The Hall–Kier alpha value is -1.27. The van der Waals surface area contributed by atoms with Crippen LogP contribution in [0.5, 0.6) is 11.5 Å². The van der Waals surface area contributed by atoms with Crippen LogP contribution >= 0.6 is 15.9 Å². The second kappa shape index (κ2) is 8.21. The van der Waals surface area contributed by atoms with E-state index in [1.165, 1.54) is 0 Å². The van der Waals surface area contributed by atoms with Crippen LogP contribution in [0.15, 0.2) is 16.6 Å². The molecule has 1 amide bonds. The summed E-state index contributed by atoms with van der Waals surface area (Å²) in [6.07, 6.45) is 2.01. The maximum absolute atomic E-state index is 12.9. The molecule has 2 rings (SSSR count). The predicted molar refractivity (Wildman–Crippen MR) is 99.1 cm³/mol. The Morgan fingerprint density at radius 2 is 1.71 bits per heavy atom. The Morgan fingerprint density at radius 3 is 2.12 bits per heavy atom. The van der Waals surface area contributed by atoms with Crippen molar-refractivity contribution in [3.05, 3.63) is 22.2 Å². The molecule has 1 aromatic carbocycles. The number of likely N-dealkylation sites (tertiary alicyclic amines) is 1. The van der Waals surface area contributed by atoms with Crippen LogP contribution in [0.25, 0.3) is 0 Å². The van der Waals surface area contributed by atoms with Crippen molar-refractivity contribution in [2.24, 2.45) is 0 Å². The number of benzene rings is 1. The van der Waals surface area contributed by atoms with Gasteiger partial charge in [0, 0.05) is 37.8 Å². The van der Waals surface area contributed by atoms with Crippen molar-refractivity contribution in [2.45, 2.75) is 38.8 Å². The van der Waals surface area contributed by atoms with Crippen LogP contribution in [0.4, 0.5) is 0 Å². The standard InChI is InChI=1S/C18H27BrN2O3/c1-12(2)21-8-6-14(7-9-21)20(3)18(22)13-10-15(23-4)17(19)16(11-13)24-5/h10-12,14H,6-9H2,1-5H3. The molecule has 1 aliphatic heterocycles. The number of piperidine rings is 1. The molecule has 5 nitrogen and oxygen atoms in total. The van der Waals surface area contributed by atoms with Crippen molar-refractivity contribution in [3.8, 4) is 11.5 Å². The van der Waals surface area contributed by atoms with Gasteiger partial charge in [-0.2, -0.15) is 0 Å². The number of hydrogen-bond donors (Lipinski definition) is 0. The lowest BCUT2D eigenvalue weighted by Gasteiger charge is -2.38. The third-order valence-electron chi connectivity index (χ3n) is 4.79. The molecule has 134 valence electrons. The van der Waals surface area contributed by atoms with Crippen LogP contribution in [0.3, 0.4) is 0 Å². The van der Waals surface area contributed by atoms with Gasteiger partial charge < -0.3 is 19.3 Å². The summed E-state index contributed by atoms with van der Waals surface area (Å²) in [7, 11) is 5.05. The molecule has 0 radical (unpaired) electrons. The average molecular weight is 399 g/mol. The summed E-state index contributed by atoms with van der Waals surface area (Å²) in [5.41, 5.74) is 0.584. The first-order valence-corrected chi connectivity index (χ1v) is 9.11. The van der Waals surface area contributed by atoms with E-state index < -0.39 is 0 Å². The molecular weight excluding hydrogens is 372 g/mol. The number of methoxy groups -OCH3 is 2. The molecule has 0 bridgehead atoms. The molecule has 0 saturated carbocycles. The van der Waals surface area contributed by atoms with Gasteiger partial charge in [-0.15, -0.1) is 0 Å². The summed E-state index contributed by atoms with van der Waals surface area (Å²) < 4.78 is 11.4. The van der Waals surface area contributed by atoms with Gasteiger partial charge in [0.1, 0.15) is 16.0 Å². The van der Waals surface area contributed by atoms with Gasteiger partial charge in [0.15, 0.2) is 0 Å². The van der Waals surface area contributed by atoms with Crippen LogP contribution < -0.4 is 9.47 Å². The van der Waals surface area contributed by atoms with Crippen LogP contribution in [0.2, 0.25) is 0 Å². The number of rotatable bonds is 5. The van der Waals surface area contributed by atoms with Crippen molar-refractivity contribution in [1.29, 1.82) is 0 Å². The Morgan fingerprint density at radius 1 is 1.21 bits per heavy atom. The summed E-state index contributed by atoms with van der Waals surface area (Å²) in [5, 5.41) is 0. The molecule has 0 spiro atoms. The molecule has 1 aliphatic rings. The van der Waals surface area contributed by atoms with E-state index in [2.05, 4.69) is 34.7 Å². The predicted octanol–water partition coefficient (Wildman–Crippen LogP) is 3.41. The van der Waals surface area contributed by atoms with Gasteiger partial charge in [-0.25, -0.2) is 0 Å². The SMILES string of the molecule is COc1cc(C(=O)N(C)C2CCN(C(C)C)CC2)cc(OC)c1Br. The third kappa shape index (κ3) is 4.03. The Bertz CT molecular complexity index is 559. The third-order valence-corrected chi connectivity index (χ3v) is 5.57. The maximum atomic E-state index is 12.9. The monoisotopic (exact) mass is 398 g/mol. The van der Waals surface area contributed by atoms with Gasteiger partial charge in [-0.05, 0) is 54.8 Å². The summed E-state index contributed by atoms with van der Waals surface area (Å²) in [5.74, 6) is 1.20. The summed E-state index contributed by atoms with van der Waals surface area (Å²) in [6.45, 7) is 6.50. The van der Waals surface area contributed by atoms with E-state index in [0.29, 0.717) is 23.1 Å². The number of ether oxygens (including phenoxy) is 2. The lowest BCUT2D eigenvalue weighted by molar-refractivity contribution is 0.0614. The maximum Gasteiger partial charge on any atom is 0.254 e. The highest BCUT2D eigenvalue weighted by Crippen LogP contribution is 2.36. The lowest BCUT2D eigenvalue weighted by atomic mass is 10.0. The molecule has 6 heteroatoms. The van der Waals surface area contributed by atoms with Crippen molar-refractivity contribution in [1.82, 2.24) is 9.80 Å². The zero-order chi connectivity index (χ0) is 17.9. The van der Waals surface area contributed by atoms with Crippen molar-refractivity contribution in [3.63, 3.8) is 0 Å². The molecule has 1 saturated heterocycles. The minimum absolute atomic E-state index is 0.00194. The molecule has 0 unspecified atom stereocenters. The number of amides is 1. The first kappa shape index (κ1) is 19.1. The van der Waals surface area contributed by atoms with E-state index in [-0.39, 0.29) is 11.9 Å². The topological polar surface area (TPSA) is 42.0 Å². The van der Waals surface area contributed by atoms with Gasteiger partial charge in [0.05, 0.1) is 14.2 Å². The Balaban J connectivity index is 2.14.